The van der Waals surface area contributed by atoms with Gasteiger partial charge in [0.05, 0.1) is 33.8 Å². The number of aromatic nitrogens is 1. The highest BCUT2D eigenvalue weighted by Gasteiger charge is 2.32. The predicted molar refractivity (Wildman–Crippen MR) is 79.0 cm³/mol. The van der Waals surface area contributed by atoms with Gasteiger partial charge < -0.3 is 0 Å². The van der Waals surface area contributed by atoms with Crippen molar-refractivity contribution in [3.05, 3.63) is 50.6 Å². The summed E-state index contributed by atoms with van der Waals surface area (Å²) in [7, 11) is 0. The zero-order valence-electron chi connectivity index (χ0n) is 10.7. The summed E-state index contributed by atoms with van der Waals surface area (Å²) < 4.78 is 38.3. The highest BCUT2D eigenvalue weighted by Crippen LogP contribution is 2.39. The van der Waals surface area contributed by atoms with Crippen LogP contribution in [0, 0.1) is 11.3 Å². The van der Waals surface area contributed by atoms with Gasteiger partial charge in [-0.15, -0.1) is 0 Å². The van der Waals surface area contributed by atoms with Gasteiger partial charge in [0, 0.05) is 16.8 Å². The highest BCUT2D eigenvalue weighted by molar-refractivity contribution is 6.41. The lowest BCUT2D eigenvalue weighted by Crippen LogP contribution is -2.07. The minimum atomic E-state index is -4.55. The van der Waals surface area contributed by atoms with Gasteiger partial charge in [-0.05, 0) is 23.8 Å². The lowest BCUT2D eigenvalue weighted by Gasteiger charge is -2.13. The molecule has 2 rings (SSSR count). The minimum Gasteiger partial charge on any atom is -0.255 e. The molecule has 0 atom stereocenters. The molecule has 0 unspecified atom stereocenters. The van der Waals surface area contributed by atoms with Crippen molar-refractivity contribution in [3.63, 3.8) is 0 Å². The van der Waals surface area contributed by atoms with E-state index in [4.69, 9.17) is 40.1 Å². The second-order valence-electron chi connectivity index (χ2n) is 4.31. The van der Waals surface area contributed by atoms with Gasteiger partial charge in [-0.25, -0.2) is 0 Å². The lowest BCUT2D eigenvalue weighted by molar-refractivity contribution is -0.137. The van der Waals surface area contributed by atoms with Crippen LogP contribution in [0.15, 0.2) is 24.4 Å². The Hall–Kier alpha value is -1.48. The second kappa shape index (κ2) is 6.33. The smallest absolute Gasteiger partial charge is 0.255 e. The highest BCUT2D eigenvalue weighted by atomic mass is 35.5. The monoisotopic (exact) mass is 364 g/mol. The van der Waals surface area contributed by atoms with Crippen LogP contribution < -0.4 is 0 Å². The van der Waals surface area contributed by atoms with E-state index in [1.165, 1.54) is 12.1 Å². The average Bonchev–Trinajstić information content (AvgIpc) is 2.38. The van der Waals surface area contributed by atoms with Crippen molar-refractivity contribution in [2.75, 3.05) is 0 Å². The fourth-order valence-electron chi connectivity index (χ4n) is 1.88. The van der Waals surface area contributed by atoms with E-state index in [9.17, 15) is 13.2 Å². The van der Waals surface area contributed by atoms with Crippen LogP contribution in [0.25, 0.3) is 11.3 Å². The number of alkyl halides is 3. The van der Waals surface area contributed by atoms with E-state index in [0.717, 1.165) is 6.07 Å². The molecule has 2 aromatic rings. The Kier molecular flexibility index (Phi) is 4.86. The summed E-state index contributed by atoms with van der Waals surface area (Å²) >= 11 is 17.9. The molecule has 8 heteroatoms. The van der Waals surface area contributed by atoms with Gasteiger partial charge in [0.15, 0.2) is 0 Å². The molecular weight excluding hydrogens is 360 g/mol. The lowest BCUT2D eigenvalue weighted by atomic mass is 10.0. The molecule has 0 radical (unpaired) electrons. The van der Waals surface area contributed by atoms with Crippen LogP contribution in [0.3, 0.4) is 0 Å². The fourth-order valence-corrected chi connectivity index (χ4v) is 2.87. The zero-order chi connectivity index (χ0) is 16.5. The van der Waals surface area contributed by atoms with Crippen molar-refractivity contribution in [1.82, 2.24) is 4.98 Å². The van der Waals surface area contributed by atoms with Gasteiger partial charge >= 0.3 is 6.18 Å². The zero-order valence-corrected chi connectivity index (χ0v) is 12.9. The van der Waals surface area contributed by atoms with Crippen LogP contribution in [0.4, 0.5) is 13.2 Å². The van der Waals surface area contributed by atoms with Crippen molar-refractivity contribution in [3.8, 4) is 17.3 Å². The molecule has 0 aliphatic rings. The first-order chi connectivity index (χ1) is 10.2. The van der Waals surface area contributed by atoms with Gasteiger partial charge in [-0.3, -0.25) is 4.98 Å². The number of benzene rings is 1. The summed E-state index contributed by atoms with van der Waals surface area (Å²) in [6, 6.07) is 5.48. The molecule has 114 valence electrons. The van der Waals surface area contributed by atoms with Crippen molar-refractivity contribution in [2.24, 2.45) is 0 Å². The van der Waals surface area contributed by atoms with E-state index in [1.54, 1.807) is 6.07 Å². The molecule has 0 spiro atoms. The molecule has 0 fully saturated rings. The van der Waals surface area contributed by atoms with Gasteiger partial charge in [-0.1, -0.05) is 34.8 Å². The molecule has 0 saturated carbocycles. The van der Waals surface area contributed by atoms with Crippen molar-refractivity contribution < 1.29 is 13.2 Å². The van der Waals surface area contributed by atoms with Gasteiger partial charge in [0.25, 0.3) is 0 Å². The first-order valence-electron chi connectivity index (χ1n) is 5.82. The van der Waals surface area contributed by atoms with E-state index >= 15 is 0 Å². The third kappa shape index (κ3) is 3.46. The number of hydrogen-bond donors (Lipinski definition) is 0. The van der Waals surface area contributed by atoms with E-state index in [1.807, 2.05) is 0 Å². The molecule has 22 heavy (non-hydrogen) atoms. The molecule has 1 heterocycles. The van der Waals surface area contributed by atoms with Crippen molar-refractivity contribution in [1.29, 1.82) is 5.26 Å². The molecule has 0 aliphatic heterocycles. The van der Waals surface area contributed by atoms with Gasteiger partial charge in [-0.2, -0.15) is 18.4 Å². The van der Waals surface area contributed by atoms with Crippen LogP contribution in [0.2, 0.25) is 15.1 Å². The van der Waals surface area contributed by atoms with Crippen molar-refractivity contribution >= 4 is 34.8 Å². The Morgan fingerprint density at radius 1 is 1.09 bits per heavy atom. The first kappa shape index (κ1) is 16.9. The molecule has 0 amide bonds. The van der Waals surface area contributed by atoms with E-state index in [0.29, 0.717) is 6.20 Å². The van der Waals surface area contributed by atoms with Crippen molar-refractivity contribution in [2.45, 2.75) is 12.6 Å². The normalized spacial score (nSPS) is 11.3. The standard InChI is InChI=1S/C14H6Cl3F3N2/c15-9-4-10(16)12(11(17)5-9)13-7(1-2-21)3-8(6-22-13)14(18,19)20/h3-6H,1H2. The van der Waals surface area contributed by atoms with Crippen LogP contribution in [-0.2, 0) is 12.6 Å². The van der Waals surface area contributed by atoms with Crippen LogP contribution in [0.5, 0.6) is 0 Å². The van der Waals surface area contributed by atoms with Crippen LogP contribution in [-0.4, -0.2) is 4.98 Å². The molecule has 1 aromatic heterocycles. The third-order valence-corrected chi connectivity index (χ3v) is 3.62. The SMILES string of the molecule is N#CCc1cc(C(F)(F)F)cnc1-c1c(Cl)cc(Cl)cc1Cl. The maximum atomic E-state index is 12.8. The molecular formula is C14H6Cl3F3N2. The number of hydrogen-bond acceptors (Lipinski definition) is 2. The summed E-state index contributed by atoms with van der Waals surface area (Å²) in [6.45, 7) is 0. The molecule has 0 saturated heterocycles. The van der Waals surface area contributed by atoms with E-state index < -0.39 is 11.7 Å². The quantitative estimate of drug-likeness (QED) is 0.675. The molecule has 2 nitrogen and oxygen atoms in total. The number of nitriles is 1. The number of pyridine rings is 1. The Morgan fingerprint density at radius 3 is 2.18 bits per heavy atom. The maximum Gasteiger partial charge on any atom is 0.417 e. The Morgan fingerprint density at radius 2 is 1.68 bits per heavy atom. The number of halogens is 6. The first-order valence-corrected chi connectivity index (χ1v) is 6.95. The topological polar surface area (TPSA) is 36.7 Å². The summed E-state index contributed by atoms with van der Waals surface area (Å²) in [5, 5.41) is 9.39. The summed E-state index contributed by atoms with van der Waals surface area (Å²) in [6.07, 6.45) is -4.14. The van der Waals surface area contributed by atoms with Crippen LogP contribution >= 0.6 is 34.8 Å². The van der Waals surface area contributed by atoms with Gasteiger partial charge in [0.2, 0.25) is 0 Å². The molecule has 1 aromatic carbocycles. The summed E-state index contributed by atoms with van der Waals surface area (Å²) in [4.78, 5) is 3.80. The Labute approximate surface area is 139 Å². The van der Waals surface area contributed by atoms with Gasteiger partial charge in [0.1, 0.15) is 0 Å². The second-order valence-corrected chi connectivity index (χ2v) is 5.56. The largest absolute Gasteiger partial charge is 0.417 e. The predicted octanol–water partition coefficient (Wildman–Crippen LogP) is 5.79. The Balaban J connectivity index is 2.69. The minimum absolute atomic E-state index is 0.0865. The molecule has 0 aliphatic carbocycles. The summed E-state index contributed by atoms with van der Waals surface area (Å²) in [5.41, 5.74) is -0.487. The number of rotatable bonds is 2. The third-order valence-electron chi connectivity index (χ3n) is 2.81. The average molecular weight is 366 g/mol. The maximum absolute atomic E-state index is 12.8. The van der Waals surface area contributed by atoms with E-state index in [-0.39, 0.29) is 38.3 Å². The Bertz CT molecular complexity index is 744. The molecule has 0 bridgehead atoms. The molecule has 0 N–H and O–H groups in total. The van der Waals surface area contributed by atoms with Crippen LogP contribution in [0.1, 0.15) is 11.1 Å². The van der Waals surface area contributed by atoms with E-state index in [2.05, 4.69) is 4.98 Å². The summed E-state index contributed by atoms with van der Waals surface area (Å²) in [5.74, 6) is 0. The fraction of sp³-hybridized carbons (Fsp3) is 0.143. The number of nitrogens with zero attached hydrogens (tertiary/aromatic N) is 2.